The van der Waals surface area contributed by atoms with Crippen LogP contribution in [0.25, 0.3) is 0 Å². The SMILES string of the molecule is CO[C@H]1C[C@]2(C)C3CC[C@]4(C)[C@@H]([C@@](C)(OC)[C@@H](CCC(C)(C)OC)OC)CC[C@@]4(OC)C3=CC(=O)[C@]2(C)C[C@H]1OC. The molecule has 4 rings (SSSR count). The molecule has 1 unspecified atom stereocenters. The summed E-state index contributed by atoms with van der Waals surface area (Å²) in [6.07, 6.45) is 8.73. The second-order valence-corrected chi connectivity index (χ2v) is 14.9. The van der Waals surface area contributed by atoms with Gasteiger partial charge in [0, 0.05) is 53.5 Å². The van der Waals surface area contributed by atoms with Crippen LogP contribution in [0.4, 0.5) is 0 Å². The Morgan fingerprint density at radius 3 is 2.05 bits per heavy atom. The summed E-state index contributed by atoms with van der Waals surface area (Å²) in [6, 6.07) is 0. The molecular weight excluding hydrogens is 520 g/mol. The maximum absolute atomic E-state index is 14.2. The molecule has 7 heteroatoms. The highest BCUT2D eigenvalue weighted by Crippen LogP contribution is 2.72. The quantitative estimate of drug-likeness (QED) is 0.290. The first-order valence-electron chi connectivity index (χ1n) is 15.6. The number of ether oxygens (including phenoxy) is 6. The van der Waals surface area contributed by atoms with E-state index in [1.807, 2.05) is 20.3 Å². The van der Waals surface area contributed by atoms with E-state index in [9.17, 15) is 4.79 Å². The Morgan fingerprint density at radius 1 is 0.878 bits per heavy atom. The van der Waals surface area contributed by atoms with E-state index in [1.165, 1.54) is 5.57 Å². The molecule has 0 N–H and O–H groups in total. The van der Waals surface area contributed by atoms with E-state index in [0.29, 0.717) is 6.42 Å². The van der Waals surface area contributed by atoms with Crippen LogP contribution in [-0.2, 0) is 33.2 Å². The van der Waals surface area contributed by atoms with Gasteiger partial charge in [-0.05, 0) is 101 Å². The second kappa shape index (κ2) is 11.3. The molecule has 4 aliphatic rings. The minimum absolute atomic E-state index is 0.0380. The van der Waals surface area contributed by atoms with Gasteiger partial charge in [0.2, 0.25) is 0 Å². The van der Waals surface area contributed by atoms with Crippen LogP contribution in [0.5, 0.6) is 0 Å². The first-order valence-corrected chi connectivity index (χ1v) is 15.6. The van der Waals surface area contributed by atoms with Crippen molar-refractivity contribution < 1.29 is 33.2 Å². The fourth-order valence-corrected chi connectivity index (χ4v) is 10.2. The van der Waals surface area contributed by atoms with Crippen molar-refractivity contribution in [1.29, 1.82) is 0 Å². The molecule has 10 atom stereocenters. The van der Waals surface area contributed by atoms with Crippen LogP contribution in [0.3, 0.4) is 0 Å². The van der Waals surface area contributed by atoms with Gasteiger partial charge in [-0.1, -0.05) is 20.8 Å². The van der Waals surface area contributed by atoms with Crippen LogP contribution >= 0.6 is 0 Å². The number of fused-ring (bicyclic) bond motifs is 5. The number of hydrogen-bond acceptors (Lipinski definition) is 7. The lowest BCUT2D eigenvalue weighted by Crippen LogP contribution is -2.66. The maximum atomic E-state index is 14.2. The zero-order valence-corrected chi connectivity index (χ0v) is 28.0. The molecule has 0 radical (unpaired) electrons. The highest BCUT2D eigenvalue weighted by atomic mass is 16.5. The van der Waals surface area contributed by atoms with Crippen molar-refractivity contribution in [3.05, 3.63) is 11.6 Å². The number of allylic oxidation sites excluding steroid dienone is 1. The molecule has 4 aliphatic carbocycles. The summed E-state index contributed by atoms with van der Waals surface area (Å²) in [4.78, 5) is 14.2. The number of rotatable bonds is 11. The lowest BCUT2D eigenvalue weighted by molar-refractivity contribution is -0.206. The van der Waals surface area contributed by atoms with E-state index in [0.717, 1.165) is 44.9 Å². The molecular formula is C34H58O7. The van der Waals surface area contributed by atoms with Crippen molar-refractivity contribution >= 4 is 5.78 Å². The summed E-state index contributed by atoms with van der Waals surface area (Å²) < 4.78 is 36.9. The van der Waals surface area contributed by atoms with Crippen LogP contribution in [0.2, 0.25) is 0 Å². The minimum atomic E-state index is -0.537. The van der Waals surface area contributed by atoms with E-state index < -0.39 is 16.6 Å². The van der Waals surface area contributed by atoms with Crippen LogP contribution in [-0.4, -0.2) is 83.6 Å². The molecule has 41 heavy (non-hydrogen) atoms. The molecule has 0 heterocycles. The first kappa shape index (κ1) is 33.1. The lowest BCUT2D eigenvalue weighted by Gasteiger charge is -2.65. The van der Waals surface area contributed by atoms with Crippen molar-refractivity contribution in [2.24, 2.45) is 28.1 Å². The van der Waals surface area contributed by atoms with E-state index in [4.69, 9.17) is 28.4 Å². The summed E-state index contributed by atoms with van der Waals surface area (Å²) in [5, 5.41) is 0. The fraction of sp³-hybridized carbons (Fsp3) is 0.912. The molecule has 0 aliphatic heterocycles. The molecule has 0 bridgehead atoms. The van der Waals surface area contributed by atoms with Gasteiger partial charge in [-0.25, -0.2) is 0 Å². The molecule has 0 aromatic rings. The second-order valence-electron chi connectivity index (χ2n) is 14.9. The van der Waals surface area contributed by atoms with Gasteiger partial charge < -0.3 is 28.4 Å². The van der Waals surface area contributed by atoms with Gasteiger partial charge in [-0.3, -0.25) is 4.79 Å². The summed E-state index contributed by atoms with van der Waals surface area (Å²) in [7, 11) is 10.7. The third-order valence-electron chi connectivity index (χ3n) is 13.4. The average molecular weight is 579 g/mol. The number of carbonyl (C=O) groups is 1. The van der Waals surface area contributed by atoms with E-state index in [2.05, 4.69) is 41.5 Å². The number of carbonyl (C=O) groups excluding carboxylic acids is 1. The van der Waals surface area contributed by atoms with E-state index in [1.54, 1.807) is 28.4 Å². The van der Waals surface area contributed by atoms with Crippen LogP contribution in [0, 0.1) is 28.1 Å². The van der Waals surface area contributed by atoms with E-state index >= 15 is 0 Å². The van der Waals surface area contributed by atoms with E-state index in [-0.39, 0.29) is 52.4 Å². The molecule has 236 valence electrons. The topological polar surface area (TPSA) is 72.5 Å². The largest absolute Gasteiger partial charge is 0.379 e. The zero-order valence-electron chi connectivity index (χ0n) is 28.0. The summed E-state index contributed by atoms with van der Waals surface area (Å²) in [5.74, 6) is 0.629. The standard InChI is InChI=1S/C34H58O7/c1-29(2,39-10)16-15-28(38-9)33(6,40-11)26-14-18-34(41-12)23-19-27(35)32(5)21-25(37-8)24(36-7)20-31(32,4)22(23)13-17-30(26,34)3/h19,22,24-26,28H,13-18,20-21H2,1-12H3/t22?,24-,25+,26-,28+,30+,31+,32-,33+,34+/m0/s1. The summed E-state index contributed by atoms with van der Waals surface area (Å²) >= 11 is 0. The summed E-state index contributed by atoms with van der Waals surface area (Å²) in [6.45, 7) is 13.3. The fourth-order valence-electron chi connectivity index (χ4n) is 10.2. The molecule has 0 amide bonds. The van der Waals surface area contributed by atoms with Crippen molar-refractivity contribution in [1.82, 2.24) is 0 Å². The van der Waals surface area contributed by atoms with Crippen molar-refractivity contribution in [3.8, 4) is 0 Å². The van der Waals surface area contributed by atoms with Gasteiger partial charge in [0.1, 0.15) is 0 Å². The Bertz CT molecular complexity index is 1010. The maximum Gasteiger partial charge on any atom is 0.162 e. The lowest BCUT2D eigenvalue weighted by atomic mass is 9.41. The third-order valence-corrected chi connectivity index (χ3v) is 13.4. The Labute approximate surface area is 249 Å². The highest BCUT2D eigenvalue weighted by Gasteiger charge is 2.72. The van der Waals surface area contributed by atoms with Crippen molar-refractivity contribution in [3.63, 3.8) is 0 Å². The molecule has 7 nitrogen and oxygen atoms in total. The van der Waals surface area contributed by atoms with Gasteiger partial charge in [0.05, 0.1) is 35.1 Å². The molecule has 0 aromatic heterocycles. The number of ketones is 1. The minimum Gasteiger partial charge on any atom is -0.379 e. The normalized spacial score (nSPS) is 43.0. The smallest absolute Gasteiger partial charge is 0.162 e. The molecule has 3 saturated carbocycles. The Hall–Kier alpha value is -0.830. The zero-order chi connectivity index (χ0) is 30.6. The van der Waals surface area contributed by atoms with Gasteiger partial charge in [0.15, 0.2) is 5.78 Å². The average Bonchev–Trinajstić information content (AvgIpc) is 3.27. The molecule has 0 saturated heterocycles. The molecule has 0 aromatic carbocycles. The number of hydrogen-bond donors (Lipinski definition) is 0. The van der Waals surface area contributed by atoms with Crippen LogP contribution < -0.4 is 0 Å². The predicted octanol–water partition coefficient (Wildman–Crippen LogP) is 6.17. The Morgan fingerprint density at radius 2 is 1.51 bits per heavy atom. The van der Waals surface area contributed by atoms with Gasteiger partial charge in [-0.2, -0.15) is 0 Å². The Balaban J connectivity index is 1.76. The van der Waals surface area contributed by atoms with Crippen molar-refractivity contribution in [2.75, 3.05) is 42.7 Å². The van der Waals surface area contributed by atoms with Crippen molar-refractivity contribution in [2.45, 2.75) is 128 Å². The molecule has 0 spiro atoms. The molecule has 3 fully saturated rings. The predicted molar refractivity (Wildman–Crippen MR) is 160 cm³/mol. The third kappa shape index (κ3) is 4.63. The van der Waals surface area contributed by atoms with Gasteiger partial charge in [-0.15, -0.1) is 0 Å². The Kier molecular flexibility index (Phi) is 9.09. The van der Waals surface area contributed by atoms with Gasteiger partial charge >= 0.3 is 0 Å². The monoisotopic (exact) mass is 578 g/mol. The highest BCUT2D eigenvalue weighted by molar-refractivity contribution is 5.97. The number of methoxy groups -OCH3 is 6. The van der Waals surface area contributed by atoms with Crippen LogP contribution in [0.1, 0.15) is 92.9 Å². The summed E-state index contributed by atoms with van der Waals surface area (Å²) in [5.41, 5.74) is -1.09. The van der Waals surface area contributed by atoms with Gasteiger partial charge in [0.25, 0.3) is 0 Å². The van der Waals surface area contributed by atoms with Crippen LogP contribution in [0.15, 0.2) is 11.6 Å². The first-order chi connectivity index (χ1) is 19.1.